The third kappa shape index (κ3) is 2.31. The minimum absolute atomic E-state index is 0.421. The molecule has 0 aromatic carbocycles. The molecule has 1 aliphatic heterocycles. The maximum atomic E-state index is 12.8. The smallest absolute Gasteiger partial charge is 0.226 e. The van der Waals surface area contributed by atoms with Crippen LogP contribution in [-0.2, 0) is 4.79 Å². The summed E-state index contributed by atoms with van der Waals surface area (Å²) < 4.78 is 0. The van der Waals surface area contributed by atoms with E-state index in [0.717, 1.165) is 24.9 Å². The fourth-order valence-electron chi connectivity index (χ4n) is 4.51. The lowest BCUT2D eigenvalue weighted by atomic mass is 10.0. The molecule has 1 amide bonds. The van der Waals surface area contributed by atoms with Crippen molar-refractivity contribution in [1.29, 1.82) is 0 Å². The highest BCUT2D eigenvalue weighted by molar-refractivity contribution is 5.83. The first-order valence-corrected chi connectivity index (χ1v) is 8.38. The van der Waals surface area contributed by atoms with Crippen LogP contribution in [-0.4, -0.2) is 36.0 Å². The topological polar surface area (TPSA) is 32.3 Å². The van der Waals surface area contributed by atoms with Crippen molar-refractivity contribution in [3.05, 3.63) is 0 Å². The highest BCUT2D eigenvalue weighted by Crippen LogP contribution is 2.56. The number of rotatable bonds is 4. The molecular weight excluding hydrogens is 236 g/mol. The largest absolute Gasteiger partial charge is 0.338 e. The van der Waals surface area contributed by atoms with Gasteiger partial charge in [-0.1, -0.05) is 12.8 Å². The van der Waals surface area contributed by atoms with E-state index < -0.39 is 0 Å². The summed E-state index contributed by atoms with van der Waals surface area (Å²) in [4.78, 5) is 15.1. The standard InChI is InChI=1S/C16H26N2O/c19-16(15-13-5-1-2-6-14(13)15)18(12-7-8-12)10-11-4-3-9-17-11/h11-15,17H,1-10H2. The summed E-state index contributed by atoms with van der Waals surface area (Å²) in [5.41, 5.74) is 0. The quantitative estimate of drug-likeness (QED) is 0.842. The lowest BCUT2D eigenvalue weighted by Crippen LogP contribution is -2.43. The van der Waals surface area contributed by atoms with Crippen molar-refractivity contribution in [1.82, 2.24) is 10.2 Å². The molecule has 3 aliphatic carbocycles. The molecule has 19 heavy (non-hydrogen) atoms. The molecule has 4 rings (SSSR count). The summed E-state index contributed by atoms with van der Waals surface area (Å²) in [7, 11) is 0. The molecule has 3 saturated carbocycles. The van der Waals surface area contributed by atoms with Crippen LogP contribution in [0.2, 0.25) is 0 Å². The van der Waals surface area contributed by atoms with E-state index in [1.807, 2.05) is 0 Å². The van der Waals surface area contributed by atoms with Gasteiger partial charge < -0.3 is 10.2 Å². The molecular formula is C16H26N2O. The van der Waals surface area contributed by atoms with Crippen LogP contribution in [0.4, 0.5) is 0 Å². The molecule has 3 atom stereocenters. The number of fused-ring (bicyclic) bond motifs is 1. The predicted molar refractivity (Wildman–Crippen MR) is 74.7 cm³/mol. The van der Waals surface area contributed by atoms with Crippen LogP contribution in [0.5, 0.6) is 0 Å². The molecule has 3 unspecified atom stereocenters. The molecule has 106 valence electrons. The van der Waals surface area contributed by atoms with Gasteiger partial charge in [0.25, 0.3) is 0 Å². The molecule has 1 saturated heterocycles. The van der Waals surface area contributed by atoms with Crippen molar-refractivity contribution in [3.8, 4) is 0 Å². The number of amides is 1. The lowest BCUT2D eigenvalue weighted by molar-refractivity contribution is -0.134. The van der Waals surface area contributed by atoms with Gasteiger partial charge in [0.15, 0.2) is 0 Å². The number of nitrogens with zero attached hydrogens (tertiary/aromatic N) is 1. The zero-order valence-corrected chi connectivity index (χ0v) is 11.8. The molecule has 4 aliphatic rings. The van der Waals surface area contributed by atoms with E-state index in [0.29, 0.717) is 23.9 Å². The second-order valence-electron chi connectivity index (χ2n) is 7.15. The van der Waals surface area contributed by atoms with Gasteiger partial charge in [-0.3, -0.25) is 4.79 Å². The number of carbonyl (C=O) groups excluding carboxylic acids is 1. The first-order chi connectivity index (χ1) is 9.34. The van der Waals surface area contributed by atoms with Crippen LogP contribution >= 0.6 is 0 Å². The lowest BCUT2D eigenvalue weighted by Gasteiger charge is -2.26. The molecule has 1 heterocycles. The van der Waals surface area contributed by atoms with Crippen LogP contribution < -0.4 is 5.32 Å². The van der Waals surface area contributed by atoms with E-state index in [1.54, 1.807) is 0 Å². The Morgan fingerprint density at radius 2 is 1.74 bits per heavy atom. The second-order valence-corrected chi connectivity index (χ2v) is 7.15. The Hall–Kier alpha value is -0.570. The number of hydrogen-bond donors (Lipinski definition) is 1. The van der Waals surface area contributed by atoms with E-state index in [1.165, 1.54) is 51.4 Å². The Bertz CT molecular complexity index is 348. The molecule has 4 fully saturated rings. The average Bonchev–Trinajstić information content (AvgIpc) is 3.33. The van der Waals surface area contributed by atoms with Gasteiger partial charge in [-0.25, -0.2) is 0 Å². The highest BCUT2D eigenvalue weighted by atomic mass is 16.2. The van der Waals surface area contributed by atoms with Gasteiger partial charge in [-0.15, -0.1) is 0 Å². The van der Waals surface area contributed by atoms with Crippen molar-refractivity contribution < 1.29 is 4.79 Å². The highest BCUT2D eigenvalue weighted by Gasteiger charge is 2.56. The first-order valence-electron chi connectivity index (χ1n) is 8.38. The Morgan fingerprint density at radius 3 is 2.32 bits per heavy atom. The van der Waals surface area contributed by atoms with Crippen molar-refractivity contribution in [2.75, 3.05) is 13.1 Å². The Morgan fingerprint density at radius 1 is 1.00 bits per heavy atom. The Balaban J connectivity index is 1.41. The van der Waals surface area contributed by atoms with Crippen molar-refractivity contribution in [2.45, 2.75) is 63.5 Å². The maximum Gasteiger partial charge on any atom is 0.226 e. The van der Waals surface area contributed by atoms with E-state index in [9.17, 15) is 4.79 Å². The molecule has 0 radical (unpaired) electrons. The summed E-state index contributed by atoms with van der Waals surface area (Å²) in [6.45, 7) is 2.13. The normalized spacial score (nSPS) is 40.8. The third-order valence-corrected chi connectivity index (χ3v) is 5.79. The molecule has 0 aromatic rings. The minimum Gasteiger partial charge on any atom is -0.338 e. The van der Waals surface area contributed by atoms with E-state index in [2.05, 4.69) is 10.2 Å². The van der Waals surface area contributed by atoms with Crippen molar-refractivity contribution >= 4 is 5.91 Å². The molecule has 0 bridgehead atoms. The minimum atomic E-state index is 0.421. The Labute approximate surface area is 116 Å². The van der Waals surface area contributed by atoms with Crippen LogP contribution in [0.3, 0.4) is 0 Å². The Kier molecular flexibility index (Phi) is 3.06. The van der Waals surface area contributed by atoms with Gasteiger partial charge in [0.1, 0.15) is 0 Å². The zero-order chi connectivity index (χ0) is 12.8. The summed E-state index contributed by atoms with van der Waals surface area (Å²) in [6, 6.07) is 1.17. The fourth-order valence-corrected chi connectivity index (χ4v) is 4.51. The predicted octanol–water partition coefficient (Wildman–Crippen LogP) is 2.17. The van der Waals surface area contributed by atoms with Crippen LogP contribution in [0, 0.1) is 17.8 Å². The summed E-state index contributed by atoms with van der Waals surface area (Å²) in [5.74, 6) is 2.47. The van der Waals surface area contributed by atoms with Gasteiger partial charge in [-0.05, 0) is 56.9 Å². The van der Waals surface area contributed by atoms with Gasteiger partial charge in [0.05, 0.1) is 0 Å². The number of hydrogen-bond acceptors (Lipinski definition) is 2. The molecule has 3 nitrogen and oxygen atoms in total. The molecule has 1 N–H and O–H groups in total. The van der Waals surface area contributed by atoms with E-state index in [4.69, 9.17) is 0 Å². The van der Waals surface area contributed by atoms with Gasteiger partial charge in [0, 0.05) is 24.5 Å². The summed E-state index contributed by atoms with van der Waals surface area (Å²) >= 11 is 0. The van der Waals surface area contributed by atoms with Gasteiger partial charge >= 0.3 is 0 Å². The zero-order valence-electron chi connectivity index (χ0n) is 11.8. The first kappa shape index (κ1) is 12.2. The summed E-state index contributed by atoms with van der Waals surface area (Å²) in [6.07, 6.45) is 10.4. The second kappa shape index (κ2) is 4.76. The van der Waals surface area contributed by atoms with Gasteiger partial charge in [-0.2, -0.15) is 0 Å². The van der Waals surface area contributed by atoms with Crippen LogP contribution in [0.1, 0.15) is 51.4 Å². The van der Waals surface area contributed by atoms with E-state index in [-0.39, 0.29) is 0 Å². The monoisotopic (exact) mass is 262 g/mol. The average molecular weight is 262 g/mol. The fraction of sp³-hybridized carbons (Fsp3) is 0.938. The SMILES string of the molecule is O=C(C1C2CCCCC21)N(CC1CCCN1)C1CC1. The van der Waals surface area contributed by atoms with Gasteiger partial charge in [0.2, 0.25) is 5.91 Å². The third-order valence-electron chi connectivity index (χ3n) is 5.79. The number of nitrogens with one attached hydrogen (secondary N) is 1. The summed E-state index contributed by atoms with van der Waals surface area (Å²) in [5, 5.41) is 3.55. The van der Waals surface area contributed by atoms with Crippen molar-refractivity contribution in [3.63, 3.8) is 0 Å². The molecule has 3 heteroatoms. The van der Waals surface area contributed by atoms with Crippen LogP contribution in [0.25, 0.3) is 0 Å². The molecule has 0 spiro atoms. The van der Waals surface area contributed by atoms with E-state index >= 15 is 0 Å². The maximum absolute atomic E-state index is 12.8. The van der Waals surface area contributed by atoms with Crippen LogP contribution in [0.15, 0.2) is 0 Å². The number of carbonyl (C=O) groups is 1. The van der Waals surface area contributed by atoms with Crippen molar-refractivity contribution in [2.24, 2.45) is 17.8 Å². The molecule has 0 aromatic heterocycles.